The van der Waals surface area contributed by atoms with Crippen molar-refractivity contribution >= 4 is 5.91 Å². The fourth-order valence-corrected chi connectivity index (χ4v) is 3.38. The van der Waals surface area contributed by atoms with Crippen LogP contribution in [0.15, 0.2) is 18.2 Å². The van der Waals surface area contributed by atoms with E-state index in [9.17, 15) is 9.18 Å². The highest BCUT2D eigenvalue weighted by atomic mass is 19.1. The smallest absolute Gasteiger partial charge is 0.251 e. The summed E-state index contributed by atoms with van der Waals surface area (Å²) in [6.45, 7) is 4.01. The molecule has 0 saturated carbocycles. The maximum Gasteiger partial charge on any atom is 0.251 e. The Kier molecular flexibility index (Phi) is 3.27. The van der Waals surface area contributed by atoms with Gasteiger partial charge in [0.1, 0.15) is 5.82 Å². The van der Waals surface area contributed by atoms with Gasteiger partial charge in [-0.2, -0.15) is 0 Å². The number of rotatable bonds is 2. The van der Waals surface area contributed by atoms with Crippen LogP contribution < -0.4 is 5.32 Å². The monoisotopic (exact) mass is 262 g/mol. The van der Waals surface area contributed by atoms with E-state index in [4.69, 9.17) is 0 Å². The van der Waals surface area contributed by atoms with E-state index in [-0.39, 0.29) is 17.8 Å². The molecule has 3 nitrogen and oxygen atoms in total. The Morgan fingerprint density at radius 3 is 3.00 bits per heavy atom. The third kappa shape index (κ3) is 2.37. The number of hydrogen-bond donors (Lipinski definition) is 1. The van der Waals surface area contributed by atoms with Crippen molar-refractivity contribution in [1.82, 2.24) is 10.2 Å². The predicted octanol–water partition coefficient (Wildman–Crippen LogP) is 2.10. The zero-order valence-electron chi connectivity index (χ0n) is 11.2. The third-order valence-electron chi connectivity index (χ3n) is 4.36. The lowest BCUT2D eigenvalue weighted by atomic mass is 10.0. The van der Waals surface area contributed by atoms with Gasteiger partial charge in [-0.15, -0.1) is 0 Å². The molecule has 1 amide bonds. The van der Waals surface area contributed by atoms with E-state index in [1.807, 2.05) is 0 Å². The van der Waals surface area contributed by atoms with Crippen LogP contribution in [0.25, 0.3) is 0 Å². The first-order valence-electron chi connectivity index (χ1n) is 6.96. The van der Waals surface area contributed by atoms with Crippen LogP contribution in [-0.2, 0) is 0 Å². The van der Waals surface area contributed by atoms with Crippen LogP contribution in [0.1, 0.15) is 35.2 Å². The van der Waals surface area contributed by atoms with Crippen LogP contribution in [0.5, 0.6) is 0 Å². The minimum absolute atomic E-state index is 0.0729. The molecule has 1 N–H and O–H groups in total. The van der Waals surface area contributed by atoms with E-state index >= 15 is 0 Å². The van der Waals surface area contributed by atoms with Crippen LogP contribution in [0.4, 0.5) is 4.39 Å². The van der Waals surface area contributed by atoms with Crippen LogP contribution in [-0.4, -0.2) is 36.0 Å². The van der Waals surface area contributed by atoms with Crippen LogP contribution in [0, 0.1) is 12.7 Å². The summed E-state index contributed by atoms with van der Waals surface area (Å²) in [6.07, 6.45) is 3.43. The minimum atomic E-state index is -0.295. The normalized spacial score (nSPS) is 26.4. The third-order valence-corrected chi connectivity index (χ3v) is 4.36. The number of aryl methyl sites for hydroxylation is 1. The van der Waals surface area contributed by atoms with Crippen molar-refractivity contribution in [3.05, 3.63) is 35.1 Å². The maximum absolute atomic E-state index is 13.1. The summed E-state index contributed by atoms with van der Waals surface area (Å²) in [5.74, 6) is -0.367. The van der Waals surface area contributed by atoms with Gasteiger partial charge >= 0.3 is 0 Å². The number of carbonyl (C=O) groups excluding carboxylic acids is 1. The lowest BCUT2D eigenvalue weighted by molar-refractivity contribution is 0.0929. The van der Waals surface area contributed by atoms with Gasteiger partial charge in [-0.05, 0) is 56.5 Å². The quantitative estimate of drug-likeness (QED) is 0.885. The molecule has 102 valence electrons. The standard InChI is InChI=1S/C15H19FN2O/c1-10-9-11(16)4-5-12(10)15(19)17-13-6-8-18-7-2-3-14(13)18/h4-5,9,13-14H,2-3,6-8H2,1H3,(H,17,19). The van der Waals surface area contributed by atoms with Crippen molar-refractivity contribution in [2.45, 2.75) is 38.3 Å². The molecule has 2 heterocycles. The van der Waals surface area contributed by atoms with Gasteiger partial charge in [0.15, 0.2) is 0 Å². The molecule has 0 radical (unpaired) electrons. The fraction of sp³-hybridized carbons (Fsp3) is 0.533. The van der Waals surface area contributed by atoms with E-state index in [1.165, 1.54) is 25.0 Å². The number of nitrogens with zero attached hydrogens (tertiary/aromatic N) is 1. The second-order valence-electron chi connectivity index (χ2n) is 5.57. The molecular formula is C15H19FN2O. The van der Waals surface area contributed by atoms with Gasteiger partial charge in [0.2, 0.25) is 0 Å². The average molecular weight is 262 g/mol. The molecule has 0 bridgehead atoms. The summed E-state index contributed by atoms with van der Waals surface area (Å²) >= 11 is 0. The number of amides is 1. The predicted molar refractivity (Wildman–Crippen MR) is 71.6 cm³/mol. The highest BCUT2D eigenvalue weighted by Gasteiger charge is 2.37. The number of carbonyl (C=O) groups is 1. The minimum Gasteiger partial charge on any atom is -0.348 e. The first kappa shape index (κ1) is 12.6. The Morgan fingerprint density at radius 1 is 1.37 bits per heavy atom. The van der Waals surface area contributed by atoms with Crippen molar-refractivity contribution in [3.63, 3.8) is 0 Å². The van der Waals surface area contributed by atoms with Gasteiger partial charge in [0, 0.05) is 24.2 Å². The van der Waals surface area contributed by atoms with E-state index in [0.29, 0.717) is 17.2 Å². The Balaban J connectivity index is 1.71. The molecule has 2 saturated heterocycles. The van der Waals surface area contributed by atoms with Gasteiger partial charge in [-0.25, -0.2) is 4.39 Å². The second kappa shape index (κ2) is 4.93. The highest BCUT2D eigenvalue weighted by molar-refractivity contribution is 5.95. The first-order chi connectivity index (χ1) is 9.15. The number of benzene rings is 1. The van der Waals surface area contributed by atoms with Crippen molar-refractivity contribution < 1.29 is 9.18 Å². The Bertz CT molecular complexity index is 503. The highest BCUT2D eigenvalue weighted by Crippen LogP contribution is 2.28. The zero-order chi connectivity index (χ0) is 13.4. The second-order valence-corrected chi connectivity index (χ2v) is 5.57. The molecule has 2 fully saturated rings. The van der Waals surface area contributed by atoms with E-state index < -0.39 is 0 Å². The molecule has 2 unspecified atom stereocenters. The number of hydrogen-bond acceptors (Lipinski definition) is 2. The fourth-order valence-electron chi connectivity index (χ4n) is 3.38. The average Bonchev–Trinajstić information content (AvgIpc) is 2.94. The maximum atomic E-state index is 13.1. The molecule has 0 spiro atoms. The summed E-state index contributed by atoms with van der Waals surface area (Å²) in [5.41, 5.74) is 1.27. The molecule has 19 heavy (non-hydrogen) atoms. The molecular weight excluding hydrogens is 243 g/mol. The van der Waals surface area contributed by atoms with E-state index in [2.05, 4.69) is 10.2 Å². The lowest BCUT2D eigenvalue weighted by Gasteiger charge is -2.21. The van der Waals surface area contributed by atoms with Crippen molar-refractivity contribution in [1.29, 1.82) is 0 Å². The molecule has 0 aromatic heterocycles. The molecule has 2 atom stereocenters. The summed E-state index contributed by atoms with van der Waals surface area (Å²) in [5, 5.41) is 3.12. The largest absolute Gasteiger partial charge is 0.348 e. The number of fused-ring (bicyclic) bond motifs is 1. The van der Waals surface area contributed by atoms with Gasteiger partial charge in [0.25, 0.3) is 5.91 Å². The van der Waals surface area contributed by atoms with Gasteiger partial charge < -0.3 is 5.32 Å². The van der Waals surface area contributed by atoms with E-state index in [1.54, 1.807) is 13.0 Å². The molecule has 0 aliphatic carbocycles. The molecule has 4 heteroatoms. The first-order valence-corrected chi connectivity index (χ1v) is 6.96. The van der Waals surface area contributed by atoms with Crippen molar-refractivity contribution in [2.24, 2.45) is 0 Å². The summed E-state index contributed by atoms with van der Waals surface area (Å²) in [4.78, 5) is 14.7. The SMILES string of the molecule is Cc1cc(F)ccc1C(=O)NC1CCN2CCCC12. The van der Waals surface area contributed by atoms with Gasteiger partial charge in [-0.3, -0.25) is 9.69 Å². The summed E-state index contributed by atoms with van der Waals surface area (Å²) in [6, 6.07) is 5.08. The van der Waals surface area contributed by atoms with Crippen LogP contribution >= 0.6 is 0 Å². The molecule has 2 aliphatic rings. The Labute approximate surface area is 112 Å². The number of nitrogens with one attached hydrogen (secondary N) is 1. The molecule has 3 rings (SSSR count). The van der Waals surface area contributed by atoms with Gasteiger partial charge in [0.05, 0.1) is 0 Å². The van der Waals surface area contributed by atoms with Crippen molar-refractivity contribution in [3.8, 4) is 0 Å². The summed E-state index contributed by atoms with van der Waals surface area (Å²) < 4.78 is 13.1. The Hall–Kier alpha value is -1.42. The molecule has 1 aromatic carbocycles. The van der Waals surface area contributed by atoms with Crippen LogP contribution in [0.2, 0.25) is 0 Å². The number of halogens is 1. The molecule has 2 aliphatic heterocycles. The van der Waals surface area contributed by atoms with Crippen molar-refractivity contribution in [2.75, 3.05) is 13.1 Å². The van der Waals surface area contributed by atoms with E-state index in [0.717, 1.165) is 19.5 Å². The van der Waals surface area contributed by atoms with Crippen LogP contribution in [0.3, 0.4) is 0 Å². The zero-order valence-corrected chi connectivity index (χ0v) is 11.2. The lowest BCUT2D eigenvalue weighted by Crippen LogP contribution is -2.42. The van der Waals surface area contributed by atoms with Gasteiger partial charge in [-0.1, -0.05) is 0 Å². The molecule has 1 aromatic rings. The summed E-state index contributed by atoms with van der Waals surface area (Å²) in [7, 11) is 0. The Morgan fingerprint density at radius 2 is 2.21 bits per heavy atom. The topological polar surface area (TPSA) is 32.3 Å².